The highest BCUT2D eigenvalue weighted by molar-refractivity contribution is 7.94. The Labute approximate surface area is 182 Å². The number of nitrogens with one attached hydrogen (secondary N) is 1. The van der Waals surface area contributed by atoms with Crippen molar-refractivity contribution in [2.45, 2.75) is 40.5 Å². The Bertz CT molecular complexity index is 1140. The van der Waals surface area contributed by atoms with E-state index in [0.29, 0.717) is 0 Å². The Morgan fingerprint density at radius 2 is 1.87 bits per heavy atom. The summed E-state index contributed by atoms with van der Waals surface area (Å²) in [6.45, 7) is 9.13. The molecule has 0 radical (unpaired) electrons. The number of sulfonamides is 1. The smallest absolute Gasteiger partial charge is 0.255 e. The van der Waals surface area contributed by atoms with Gasteiger partial charge in [-0.15, -0.1) is 0 Å². The molecule has 160 valence electrons. The lowest BCUT2D eigenvalue weighted by molar-refractivity contribution is -0.123. The number of hydrogen-bond donors (Lipinski definition) is 1. The van der Waals surface area contributed by atoms with Crippen LogP contribution < -0.4 is 9.62 Å². The van der Waals surface area contributed by atoms with Gasteiger partial charge in [-0.2, -0.15) is 0 Å². The van der Waals surface area contributed by atoms with Crippen molar-refractivity contribution >= 4 is 44.8 Å². The fourth-order valence-corrected chi connectivity index (χ4v) is 5.95. The third kappa shape index (κ3) is 3.96. The Morgan fingerprint density at radius 3 is 2.43 bits per heavy atom. The van der Waals surface area contributed by atoms with Gasteiger partial charge < -0.3 is 5.32 Å². The van der Waals surface area contributed by atoms with Crippen LogP contribution in [0.1, 0.15) is 55.1 Å². The van der Waals surface area contributed by atoms with E-state index in [4.69, 9.17) is 11.6 Å². The molecule has 2 amide bonds. The van der Waals surface area contributed by atoms with Gasteiger partial charge in [0.15, 0.2) is 0 Å². The first-order chi connectivity index (χ1) is 13.8. The number of halogens is 1. The minimum atomic E-state index is -3.88. The number of nitrogens with zero attached hydrogens (tertiary/aromatic N) is 1. The van der Waals surface area contributed by atoms with Crippen LogP contribution >= 0.6 is 11.6 Å². The standard InChI is InChI=1S/C22H25ClN2O4S/c1-13(2)16-8-6-7-14(3)19(16)24-20(26)15-9-10-17(23)18(11-15)25-21(27)22(4,5)12-30(25,28)29/h6-11,13H,12H2,1-5H3,(H,24,26). The number of carbonyl (C=O) groups excluding carboxylic acids is 2. The summed E-state index contributed by atoms with van der Waals surface area (Å²) in [4.78, 5) is 25.7. The van der Waals surface area contributed by atoms with Crippen molar-refractivity contribution in [1.82, 2.24) is 0 Å². The van der Waals surface area contributed by atoms with Crippen LogP contribution in [-0.2, 0) is 14.8 Å². The summed E-state index contributed by atoms with van der Waals surface area (Å²) in [5, 5.41) is 3.01. The molecule has 0 aromatic heterocycles. The number of anilines is 2. The first kappa shape index (κ1) is 22.3. The molecule has 0 unspecified atom stereocenters. The molecule has 3 rings (SSSR count). The van der Waals surface area contributed by atoms with E-state index in [1.165, 1.54) is 18.2 Å². The van der Waals surface area contributed by atoms with Gasteiger partial charge in [0.25, 0.3) is 5.91 Å². The van der Waals surface area contributed by atoms with E-state index in [-0.39, 0.29) is 27.9 Å². The first-order valence-electron chi connectivity index (χ1n) is 9.63. The molecule has 0 bridgehead atoms. The predicted octanol–water partition coefficient (Wildman–Crippen LogP) is 4.73. The highest BCUT2D eigenvalue weighted by Crippen LogP contribution is 2.39. The lowest BCUT2D eigenvalue weighted by Crippen LogP contribution is -2.33. The minimum Gasteiger partial charge on any atom is -0.321 e. The number of carbonyl (C=O) groups is 2. The van der Waals surface area contributed by atoms with E-state index in [1.807, 2.05) is 39.0 Å². The molecule has 2 aromatic rings. The molecule has 30 heavy (non-hydrogen) atoms. The molecule has 0 saturated carbocycles. The molecule has 6 nitrogen and oxygen atoms in total. The molecule has 1 aliphatic rings. The van der Waals surface area contributed by atoms with E-state index in [9.17, 15) is 18.0 Å². The lowest BCUT2D eigenvalue weighted by atomic mass is 9.95. The second kappa shape index (κ2) is 7.71. The number of rotatable bonds is 4. The van der Waals surface area contributed by atoms with Gasteiger partial charge in [0.05, 0.1) is 21.9 Å². The van der Waals surface area contributed by atoms with Gasteiger partial charge in [0, 0.05) is 11.3 Å². The fraction of sp³-hybridized carbons (Fsp3) is 0.364. The van der Waals surface area contributed by atoms with Crippen molar-refractivity contribution < 1.29 is 18.0 Å². The van der Waals surface area contributed by atoms with Crippen molar-refractivity contribution in [2.24, 2.45) is 5.41 Å². The molecule has 1 N–H and O–H groups in total. The SMILES string of the molecule is Cc1cccc(C(C)C)c1NC(=O)c1ccc(Cl)c(N2C(=O)C(C)(C)CS2(=O)=O)c1. The number of hydrogen-bond acceptors (Lipinski definition) is 4. The van der Waals surface area contributed by atoms with Gasteiger partial charge in [-0.1, -0.05) is 43.6 Å². The molecule has 1 heterocycles. The maximum Gasteiger partial charge on any atom is 0.255 e. The van der Waals surface area contributed by atoms with Gasteiger partial charge in [0.1, 0.15) is 0 Å². The van der Waals surface area contributed by atoms with Crippen molar-refractivity contribution in [3.63, 3.8) is 0 Å². The molecule has 0 aliphatic carbocycles. The summed E-state index contributed by atoms with van der Waals surface area (Å²) in [5.74, 6) is -1.09. The van der Waals surface area contributed by atoms with Crippen LogP contribution in [0.3, 0.4) is 0 Å². The summed E-state index contributed by atoms with van der Waals surface area (Å²) in [5.41, 5.74) is 1.78. The number of aryl methyl sites for hydroxylation is 1. The first-order valence-corrected chi connectivity index (χ1v) is 11.6. The van der Waals surface area contributed by atoms with Crippen LogP contribution in [-0.4, -0.2) is 26.0 Å². The predicted molar refractivity (Wildman–Crippen MR) is 120 cm³/mol. The van der Waals surface area contributed by atoms with Gasteiger partial charge in [-0.25, -0.2) is 12.7 Å². The average Bonchev–Trinajstić information content (AvgIpc) is 2.79. The fourth-order valence-electron chi connectivity index (χ4n) is 3.58. The normalized spacial score (nSPS) is 17.4. The van der Waals surface area contributed by atoms with Crippen molar-refractivity contribution in [1.29, 1.82) is 0 Å². The third-order valence-corrected chi connectivity index (χ3v) is 7.50. The van der Waals surface area contributed by atoms with Crippen molar-refractivity contribution in [3.05, 3.63) is 58.1 Å². The largest absolute Gasteiger partial charge is 0.321 e. The molecular formula is C22H25ClN2O4S. The second-order valence-corrected chi connectivity index (χ2v) is 10.7. The van der Waals surface area contributed by atoms with Gasteiger partial charge >= 0.3 is 0 Å². The highest BCUT2D eigenvalue weighted by atomic mass is 35.5. The molecule has 1 aliphatic heterocycles. The zero-order valence-corrected chi connectivity index (χ0v) is 19.2. The van der Waals surface area contributed by atoms with E-state index in [2.05, 4.69) is 5.32 Å². The van der Waals surface area contributed by atoms with Gasteiger partial charge in [0.2, 0.25) is 15.9 Å². The highest BCUT2D eigenvalue weighted by Gasteiger charge is 2.50. The molecule has 1 fully saturated rings. The van der Waals surface area contributed by atoms with Crippen LogP contribution in [0.25, 0.3) is 0 Å². The lowest BCUT2D eigenvalue weighted by Gasteiger charge is -2.20. The second-order valence-electron chi connectivity index (χ2n) is 8.52. The van der Waals surface area contributed by atoms with Crippen LogP contribution in [0.15, 0.2) is 36.4 Å². The monoisotopic (exact) mass is 448 g/mol. The summed E-state index contributed by atoms with van der Waals surface area (Å²) < 4.78 is 26.0. The van der Waals surface area contributed by atoms with Crippen LogP contribution in [0.4, 0.5) is 11.4 Å². The molecule has 1 saturated heterocycles. The van der Waals surface area contributed by atoms with E-state index in [0.717, 1.165) is 21.1 Å². The molecule has 0 spiro atoms. The molecule has 0 atom stereocenters. The van der Waals surface area contributed by atoms with Crippen LogP contribution in [0.2, 0.25) is 5.02 Å². The van der Waals surface area contributed by atoms with E-state index >= 15 is 0 Å². The molecule has 2 aromatic carbocycles. The number of amides is 2. The zero-order valence-electron chi connectivity index (χ0n) is 17.6. The zero-order chi connectivity index (χ0) is 22.4. The maximum atomic E-state index is 13.0. The maximum absolute atomic E-state index is 13.0. The Kier molecular flexibility index (Phi) is 5.73. The van der Waals surface area contributed by atoms with Crippen molar-refractivity contribution in [2.75, 3.05) is 15.4 Å². The van der Waals surface area contributed by atoms with Crippen molar-refractivity contribution in [3.8, 4) is 0 Å². The van der Waals surface area contributed by atoms with Crippen LogP contribution in [0, 0.1) is 12.3 Å². The molecule has 8 heteroatoms. The summed E-state index contributed by atoms with van der Waals surface area (Å²) in [6.07, 6.45) is 0. The van der Waals surface area contributed by atoms with E-state index in [1.54, 1.807) is 13.8 Å². The number of benzene rings is 2. The summed E-state index contributed by atoms with van der Waals surface area (Å²) in [7, 11) is -3.88. The minimum absolute atomic E-state index is 0.00578. The Hall–Kier alpha value is -2.38. The summed E-state index contributed by atoms with van der Waals surface area (Å²) in [6, 6.07) is 10.1. The van der Waals surface area contributed by atoms with Gasteiger partial charge in [-0.3, -0.25) is 9.59 Å². The van der Waals surface area contributed by atoms with Crippen LogP contribution in [0.5, 0.6) is 0 Å². The molecular weight excluding hydrogens is 424 g/mol. The third-order valence-electron chi connectivity index (χ3n) is 5.18. The topological polar surface area (TPSA) is 83.6 Å². The van der Waals surface area contributed by atoms with Gasteiger partial charge in [-0.05, 0) is 56.0 Å². The Morgan fingerprint density at radius 1 is 1.20 bits per heavy atom. The Balaban J connectivity index is 2.01. The summed E-state index contributed by atoms with van der Waals surface area (Å²) >= 11 is 6.23. The average molecular weight is 449 g/mol. The quantitative estimate of drug-likeness (QED) is 0.733. The van der Waals surface area contributed by atoms with E-state index < -0.39 is 27.3 Å². The number of para-hydroxylation sites is 1.